The van der Waals surface area contributed by atoms with E-state index in [-0.39, 0.29) is 5.56 Å². The maximum absolute atomic E-state index is 12.9. The number of hydrogen-bond acceptors (Lipinski definition) is 2. The van der Waals surface area contributed by atoms with Gasteiger partial charge in [-0.05, 0) is 12.1 Å². The van der Waals surface area contributed by atoms with Gasteiger partial charge >= 0.3 is 0 Å². The number of primary amides is 1. The second-order valence-corrected chi connectivity index (χ2v) is 2.81. The van der Waals surface area contributed by atoms with E-state index in [4.69, 9.17) is 10.8 Å². The number of nitrogens with two attached hydrogens (primary N) is 1. The molecule has 0 aromatic heterocycles. The number of aliphatic hydroxyl groups excluding tert-OH is 1. The lowest BCUT2D eigenvalue weighted by molar-refractivity contribution is -0.0556. The van der Waals surface area contributed by atoms with Gasteiger partial charge in [0.15, 0.2) is 0 Å². The van der Waals surface area contributed by atoms with Gasteiger partial charge in [0.05, 0.1) is 0 Å². The van der Waals surface area contributed by atoms with Crippen molar-refractivity contribution in [3.8, 4) is 0 Å². The highest BCUT2D eigenvalue weighted by Gasteiger charge is 2.30. The summed E-state index contributed by atoms with van der Waals surface area (Å²) >= 11 is 0. The number of hydrogen-bond donors (Lipinski definition) is 2. The highest BCUT2D eigenvalue weighted by atomic mass is 19.3. The first-order chi connectivity index (χ1) is 6.47. The fourth-order valence-corrected chi connectivity index (χ4v) is 0.991. The van der Waals surface area contributed by atoms with Crippen molar-refractivity contribution in [3.05, 3.63) is 35.4 Å². The highest BCUT2D eigenvalue weighted by Crippen LogP contribution is 2.27. The molecule has 0 bridgehead atoms. The van der Waals surface area contributed by atoms with Crippen LogP contribution >= 0.6 is 0 Å². The number of halogens is 2. The Morgan fingerprint density at radius 2 is 2.14 bits per heavy atom. The lowest BCUT2D eigenvalue weighted by atomic mass is 10.1. The van der Waals surface area contributed by atoms with E-state index in [0.29, 0.717) is 0 Å². The zero-order chi connectivity index (χ0) is 10.8. The largest absolute Gasteiger partial charge is 0.390 e. The third-order valence-corrected chi connectivity index (χ3v) is 1.77. The number of benzene rings is 1. The van der Waals surface area contributed by atoms with Crippen LogP contribution in [0.1, 0.15) is 15.9 Å². The summed E-state index contributed by atoms with van der Waals surface area (Å²) in [6.45, 7) is -1.30. The Kier molecular flexibility index (Phi) is 2.81. The van der Waals surface area contributed by atoms with Crippen LogP contribution in [0.2, 0.25) is 0 Å². The molecule has 0 atom stereocenters. The summed E-state index contributed by atoms with van der Waals surface area (Å²) < 4.78 is 25.9. The zero-order valence-corrected chi connectivity index (χ0v) is 7.21. The molecular formula is C9H9F2NO2. The van der Waals surface area contributed by atoms with Crippen LogP contribution in [0.5, 0.6) is 0 Å². The van der Waals surface area contributed by atoms with Gasteiger partial charge in [0, 0.05) is 11.1 Å². The van der Waals surface area contributed by atoms with Gasteiger partial charge in [-0.3, -0.25) is 4.79 Å². The molecule has 1 aromatic carbocycles. The first-order valence-corrected chi connectivity index (χ1v) is 3.86. The number of alkyl halides is 2. The minimum absolute atomic E-state index is 0.00405. The van der Waals surface area contributed by atoms with Gasteiger partial charge in [-0.25, -0.2) is 0 Å². The molecule has 3 N–H and O–H groups in total. The molecule has 5 heteroatoms. The Balaban J connectivity index is 3.12. The van der Waals surface area contributed by atoms with Crippen molar-refractivity contribution in [3.63, 3.8) is 0 Å². The molecule has 1 rings (SSSR count). The summed E-state index contributed by atoms with van der Waals surface area (Å²) in [5, 5.41) is 8.41. The fraction of sp³-hybridized carbons (Fsp3) is 0.222. The molecule has 0 aliphatic heterocycles. The maximum Gasteiger partial charge on any atom is 0.295 e. The Bertz CT molecular complexity index is 352. The van der Waals surface area contributed by atoms with Gasteiger partial charge in [0.25, 0.3) is 5.92 Å². The number of carbonyl (C=O) groups excluding carboxylic acids is 1. The van der Waals surface area contributed by atoms with Gasteiger partial charge in [0.2, 0.25) is 5.91 Å². The summed E-state index contributed by atoms with van der Waals surface area (Å²) in [4.78, 5) is 10.7. The third kappa shape index (κ3) is 2.05. The summed E-state index contributed by atoms with van der Waals surface area (Å²) in [5.74, 6) is -4.12. The molecule has 3 nitrogen and oxygen atoms in total. The second kappa shape index (κ2) is 3.71. The van der Waals surface area contributed by atoms with E-state index in [1.807, 2.05) is 0 Å². The maximum atomic E-state index is 12.9. The molecule has 76 valence electrons. The Morgan fingerprint density at radius 1 is 1.50 bits per heavy atom. The Labute approximate surface area is 79.2 Å². The average Bonchev–Trinajstić information content (AvgIpc) is 2.18. The van der Waals surface area contributed by atoms with Crippen LogP contribution in [0.15, 0.2) is 24.3 Å². The van der Waals surface area contributed by atoms with Crippen molar-refractivity contribution in [2.75, 3.05) is 6.61 Å². The van der Waals surface area contributed by atoms with Crippen LogP contribution in [-0.4, -0.2) is 17.6 Å². The van der Waals surface area contributed by atoms with E-state index in [2.05, 4.69) is 0 Å². The molecule has 14 heavy (non-hydrogen) atoms. The smallest absolute Gasteiger partial charge is 0.295 e. The van der Waals surface area contributed by atoms with Gasteiger partial charge < -0.3 is 10.8 Å². The first-order valence-electron chi connectivity index (χ1n) is 3.86. The normalized spacial score (nSPS) is 11.4. The van der Waals surface area contributed by atoms with Crippen molar-refractivity contribution in [2.45, 2.75) is 5.92 Å². The van der Waals surface area contributed by atoms with Gasteiger partial charge in [-0.2, -0.15) is 8.78 Å². The lowest BCUT2D eigenvalue weighted by Gasteiger charge is -2.13. The Hall–Kier alpha value is -1.49. The number of carbonyl (C=O) groups is 1. The number of aliphatic hydroxyl groups is 1. The SMILES string of the molecule is NC(=O)c1cccc(C(F)(F)CO)c1. The van der Waals surface area contributed by atoms with E-state index >= 15 is 0 Å². The predicted molar refractivity (Wildman–Crippen MR) is 45.9 cm³/mol. The molecule has 0 radical (unpaired) electrons. The van der Waals surface area contributed by atoms with Crippen LogP contribution in [0.25, 0.3) is 0 Å². The fourth-order valence-electron chi connectivity index (χ4n) is 0.991. The van der Waals surface area contributed by atoms with Gasteiger partial charge in [-0.1, -0.05) is 12.1 Å². The van der Waals surface area contributed by atoms with Crippen LogP contribution < -0.4 is 5.73 Å². The molecule has 0 heterocycles. The topological polar surface area (TPSA) is 63.3 Å². The van der Waals surface area contributed by atoms with Crippen LogP contribution in [0, 0.1) is 0 Å². The van der Waals surface area contributed by atoms with Gasteiger partial charge in [-0.15, -0.1) is 0 Å². The van der Waals surface area contributed by atoms with Crippen LogP contribution in [-0.2, 0) is 5.92 Å². The molecule has 1 aromatic rings. The standard InChI is InChI=1S/C9H9F2NO2/c10-9(11,5-13)7-3-1-2-6(4-7)8(12)14/h1-4,13H,5H2,(H2,12,14). The molecule has 0 spiro atoms. The molecule has 0 aliphatic rings. The summed E-state index contributed by atoms with van der Waals surface area (Å²) in [5.41, 5.74) is 4.50. The van der Waals surface area contributed by atoms with E-state index < -0.39 is 24.0 Å². The van der Waals surface area contributed by atoms with Crippen molar-refractivity contribution < 1.29 is 18.7 Å². The first kappa shape index (κ1) is 10.6. The summed E-state index contributed by atoms with van der Waals surface area (Å²) in [6, 6.07) is 4.72. The van der Waals surface area contributed by atoms with Crippen molar-refractivity contribution in [1.82, 2.24) is 0 Å². The lowest BCUT2D eigenvalue weighted by Crippen LogP contribution is -2.20. The molecule has 1 amide bonds. The average molecular weight is 201 g/mol. The van der Waals surface area contributed by atoms with Gasteiger partial charge in [0.1, 0.15) is 6.61 Å². The van der Waals surface area contributed by atoms with Crippen molar-refractivity contribution in [2.24, 2.45) is 5.73 Å². The third-order valence-electron chi connectivity index (χ3n) is 1.77. The van der Waals surface area contributed by atoms with E-state index in [0.717, 1.165) is 12.1 Å². The van der Waals surface area contributed by atoms with E-state index in [1.165, 1.54) is 12.1 Å². The van der Waals surface area contributed by atoms with Crippen molar-refractivity contribution in [1.29, 1.82) is 0 Å². The molecule has 0 aliphatic carbocycles. The summed E-state index contributed by atoms with van der Waals surface area (Å²) in [7, 11) is 0. The quantitative estimate of drug-likeness (QED) is 0.762. The molecule has 0 fully saturated rings. The second-order valence-electron chi connectivity index (χ2n) is 2.81. The van der Waals surface area contributed by atoms with Crippen LogP contribution in [0.3, 0.4) is 0 Å². The minimum Gasteiger partial charge on any atom is -0.390 e. The zero-order valence-electron chi connectivity index (χ0n) is 7.21. The number of amides is 1. The molecular weight excluding hydrogens is 192 g/mol. The highest BCUT2D eigenvalue weighted by molar-refractivity contribution is 5.92. The minimum atomic E-state index is -3.34. The summed E-state index contributed by atoms with van der Waals surface area (Å²) in [6.07, 6.45) is 0. The van der Waals surface area contributed by atoms with Crippen molar-refractivity contribution >= 4 is 5.91 Å². The monoisotopic (exact) mass is 201 g/mol. The van der Waals surface area contributed by atoms with E-state index in [9.17, 15) is 13.6 Å². The molecule has 0 unspecified atom stereocenters. The Morgan fingerprint density at radius 3 is 2.64 bits per heavy atom. The van der Waals surface area contributed by atoms with Crippen LogP contribution in [0.4, 0.5) is 8.78 Å². The van der Waals surface area contributed by atoms with E-state index in [1.54, 1.807) is 0 Å². The molecule has 0 saturated heterocycles. The predicted octanol–water partition coefficient (Wildman–Crippen LogP) is 0.870. The molecule has 0 saturated carbocycles. The number of rotatable bonds is 3.